The van der Waals surface area contributed by atoms with Crippen molar-refractivity contribution in [3.63, 3.8) is 0 Å². The number of aromatic nitrogens is 4. The largest absolute Gasteiger partial charge is 0.468 e. The van der Waals surface area contributed by atoms with Gasteiger partial charge in [-0.05, 0) is 60.0 Å². The van der Waals surface area contributed by atoms with Gasteiger partial charge >= 0.3 is 11.9 Å². The molecule has 3 atom stereocenters. The number of ketones is 1. The Morgan fingerprint density at radius 1 is 0.727 bits per heavy atom. The van der Waals surface area contributed by atoms with Crippen LogP contribution in [0.3, 0.4) is 0 Å². The maximum absolute atomic E-state index is 13.1. The Kier molecular flexibility index (Phi) is 12.9. The maximum atomic E-state index is 13.1. The molecule has 0 aliphatic heterocycles. The number of methoxy groups -OCH3 is 2. The number of thioether (sulfide) groups is 2. The van der Waals surface area contributed by atoms with Gasteiger partial charge in [-0.3, -0.25) is 14.4 Å². The summed E-state index contributed by atoms with van der Waals surface area (Å²) >= 11 is 2.61. The van der Waals surface area contributed by atoms with Gasteiger partial charge in [0.25, 0.3) is 0 Å². The van der Waals surface area contributed by atoms with Gasteiger partial charge in [-0.2, -0.15) is 0 Å². The van der Waals surface area contributed by atoms with Crippen LogP contribution < -0.4 is 0 Å². The molecular weight excluding hydrogens is 614 g/mol. The van der Waals surface area contributed by atoms with Crippen LogP contribution >= 0.6 is 23.5 Å². The van der Waals surface area contributed by atoms with E-state index in [0.717, 1.165) is 0 Å². The number of benzene rings is 2. The number of rotatable bonds is 10. The standard InChI is InChI=1S/C15H15FN2O3S.C15H13FN2O3S/c2*1-21-14(20)12(9-3-5-10(16)6-4-9)13(19)11-7-8-17-15(18-11)22-2/h3-8,12-13,19H,1-2H3;3-8,12H,1-2H3. The first-order valence-electron chi connectivity index (χ1n) is 12.8. The number of hydrogen-bond acceptors (Lipinski definition) is 12. The highest BCUT2D eigenvalue weighted by molar-refractivity contribution is 7.98. The number of carbonyl (C=O) groups is 3. The van der Waals surface area contributed by atoms with Crippen LogP contribution in [0.5, 0.6) is 0 Å². The Balaban J connectivity index is 0.000000240. The van der Waals surface area contributed by atoms with Gasteiger partial charge in [-0.15, -0.1) is 0 Å². The molecule has 4 aromatic rings. The molecular formula is C30H28F2N4O6S2. The number of aliphatic hydroxyl groups is 1. The van der Waals surface area contributed by atoms with Crippen molar-refractivity contribution in [2.75, 3.05) is 26.7 Å². The van der Waals surface area contributed by atoms with Crippen LogP contribution in [0, 0.1) is 11.6 Å². The molecule has 0 saturated heterocycles. The van der Waals surface area contributed by atoms with Crippen LogP contribution in [-0.2, 0) is 19.1 Å². The summed E-state index contributed by atoms with van der Waals surface area (Å²) in [6.07, 6.45) is 5.33. The lowest BCUT2D eigenvalue weighted by atomic mass is 9.91. The number of Topliss-reactive ketones (excluding diaryl/α,β-unsaturated/α-hetero) is 1. The second-order valence-electron chi connectivity index (χ2n) is 8.77. The molecule has 3 unspecified atom stereocenters. The fraction of sp³-hybridized carbons (Fsp3) is 0.233. The summed E-state index contributed by atoms with van der Waals surface area (Å²) in [5.74, 6) is -4.91. The van der Waals surface area contributed by atoms with E-state index < -0.39 is 47.3 Å². The molecule has 14 heteroatoms. The number of aliphatic hydroxyl groups excluding tert-OH is 1. The van der Waals surface area contributed by atoms with Crippen molar-refractivity contribution in [3.05, 3.63) is 107 Å². The molecule has 230 valence electrons. The van der Waals surface area contributed by atoms with E-state index in [-0.39, 0.29) is 5.69 Å². The topological polar surface area (TPSA) is 141 Å². The first-order valence-corrected chi connectivity index (χ1v) is 15.2. The molecule has 0 saturated carbocycles. The van der Waals surface area contributed by atoms with Gasteiger partial charge in [0.15, 0.2) is 16.1 Å². The summed E-state index contributed by atoms with van der Waals surface area (Å²) in [7, 11) is 2.43. The van der Waals surface area contributed by atoms with Crippen LogP contribution in [0.4, 0.5) is 8.78 Å². The summed E-state index contributed by atoms with van der Waals surface area (Å²) < 4.78 is 35.5. The highest BCUT2D eigenvalue weighted by atomic mass is 32.2. The third kappa shape index (κ3) is 8.88. The van der Waals surface area contributed by atoms with E-state index in [2.05, 4.69) is 19.9 Å². The van der Waals surface area contributed by atoms with Crippen molar-refractivity contribution < 1.29 is 37.7 Å². The maximum Gasteiger partial charge on any atom is 0.321 e. The number of ether oxygens (including phenoxy) is 2. The molecule has 44 heavy (non-hydrogen) atoms. The molecule has 1 N–H and O–H groups in total. The molecule has 0 amide bonds. The lowest BCUT2D eigenvalue weighted by Crippen LogP contribution is -2.24. The van der Waals surface area contributed by atoms with E-state index in [4.69, 9.17) is 9.47 Å². The van der Waals surface area contributed by atoms with E-state index in [1.165, 1.54) is 111 Å². The van der Waals surface area contributed by atoms with Crippen LogP contribution in [-0.4, -0.2) is 69.5 Å². The van der Waals surface area contributed by atoms with E-state index in [1.54, 1.807) is 6.26 Å². The third-order valence-corrected chi connectivity index (χ3v) is 7.24. The molecule has 2 aromatic carbocycles. The number of hydrogen-bond donors (Lipinski definition) is 1. The van der Waals surface area contributed by atoms with Crippen molar-refractivity contribution in [1.29, 1.82) is 0 Å². The molecule has 10 nitrogen and oxygen atoms in total. The predicted molar refractivity (Wildman–Crippen MR) is 159 cm³/mol. The summed E-state index contributed by atoms with van der Waals surface area (Å²) in [5, 5.41) is 11.4. The fourth-order valence-electron chi connectivity index (χ4n) is 3.92. The first kappa shape index (κ1) is 34.2. The zero-order valence-electron chi connectivity index (χ0n) is 24.0. The highest BCUT2D eigenvalue weighted by Gasteiger charge is 2.33. The van der Waals surface area contributed by atoms with Crippen LogP contribution in [0.25, 0.3) is 0 Å². The summed E-state index contributed by atoms with van der Waals surface area (Å²) in [6, 6.07) is 13.4. The number of nitrogens with zero attached hydrogens (tertiary/aromatic N) is 4. The Labute approximate surface area is 260 Å². The Morgan fingerprint density at radius 2 is 1.23 bits per heavy atom. The van der Waals surface area contributed by atoms with E-state index in [0.29, 0.717) is 27.1 Å². The van der Waals surface area contributed by atoms with Gasteiger partial charge in [0.1, 0.15) is 35.3 Å². The lowest BCUT2D eigenvalue weighted by molar-refractivity contribution is -0.145. The SMILES string of the molecule is COC(=O)C(C(=O)c1ccnc(SC)n1)c1ccc(F)cc1.COC(=O)C(c1ccc(F)cc1)C(O)c1ccnc(SC)n1. The first-order chi connectivity index (χ1) is 21.1. The quantitative estimate of drug-likeness (QED) is 0.0835. The monoisotopic (exact) mass is 642 g/mol. The highest BCUT2D eigenvalue weighted by Crippen LogP contribution is 2.32. The smallest absolute Gasteiger partial charge is 0.321 e. The van der Waals surface area contributed by atoms with E-state index >= 15 is 0 Å². The van der Waals surface area contributed by atoms with Crippen molar-refractivity contribution in [3.8, 4) is 0 Å². The normalized spacial score (nSPS) is 12.6. The van der Waals surface area contributed by atoms with Gasteiger partial charge in [-0.1, -0.05) is 47.8 Å². The fourth-order valence-corrected chi connectivity index (χ4v) is 4.64. The molecule has 0 spiro atoms. The Bertz CT molecular complexity index is 1580. The minimum absolute atomic E-state index is 0.110. The van der Waals surface area contributed by atoms with Crippen LogP contribution in [0.2, 0.25) is 0 Å². The number of halogens is 2. The summed E-state index contributed by atoms with van der Waals surface area (Å²) in [4.78, 5) is 52.9. The van der Waals surface area contributed by atoms with Crippen molar-refractivity contribution in [1.82, 2.24) is 19.9 Å². The van der Waals surface area contributed by atoms with Crippen LogP contribution in [0.15, 0.2) is 83.4 Å². The summed E-state index contributed by atoms with van der Waals surface area (Å²) in [5.41, 5.74) is 1.21. The molecule has 0 fully saturated rings. The van der Waals surface area contributed by atoms with Crippen molar-refractivity contribution in [2.45, 2.75) is 28.3 Å². The summed E-state index contributed by atoms with van der Waals surface area (Å²) in [6.45, 7) is 0. The molecule has 2 heterocycles. The average Bonchev–Trinajstić information content (AvgIpc) is 3.06. The van der Waals surface area contributed by atoms with Crippen molar-refractivity contribution in [2.24, 2.45) is 0 Å². The van der Waals surface area contributed by atoms with E-state index in [9.17, 15) is 28.3 Å². The molecule has 2 aromatic heterocycles. The predicted octanol–water partition coefficient (Wildman–Crippen LogP) is 4.80. The molecule has 4 rings (SSSR count). The molecule has 0 aliphatic rings. The van der Waals surface area contributed by atoms with Gasteiger partial charge < -0.3 is 14.6 Å². The second-order valence-corrected chi connectivity index (χ2v) is 10.3. The zero-order valence-corrected chi connectivity index (χ0v) is 25.6. The Morgan fingerprint density at radius 3 is 1.75 bits per heavy atom. The van der Waals surface area contributed by atoms with Crippen LogP contribution in [0.1, 0.15) is 45.2 Å². The average molecular weight is 643 g/mol. The minimum Gasteiger partial charge on any atom is -0.468 e. The molecule has 0 aliphatic carbocycles. The minimum atomic E-state index is -1.22. The Hall–Kier alpha value is -4.27. The molecule has 0 radical (unpaired) electrons. The molecule has 0 bridgehead atoms. The van der Waals surface area contributed by atoms with E-state index in [1.807, 2.05) is 6.26 Å². The zero-order chi connectivity index (χ0) is 32.2. The lowest BCUT2D eigenvalue weighted by Gasteiger charge is -2.21. The third-order valence-electron chi connectivity index (χ3n) is 6.11. The van der Waals surface area contributed by atoms with Crippen molar-refractivity contribution >= 4 is 41.2 Å². The second kappa shape index (κ2) is 16.5. The number of esters is 2. The van der Waals surface area contributed by atoms with Gasteiger partial charge in [0, 0.05) is 12.4 Å². The van der Waals surface area contributed by atoms with Gasteiger partial charge in [-0.25, -0.2) is 28.7 Å². The van der Waals surface area contributed by atoms with Gasteiger partial charge in [0.05, 0.1) is 19.9 Å². The van der Waals surface area contributed by atoms with Gasteiger partial charge in [0.2, 0.25) is 0 Å². The number of carbonyl (C=O) groups excluding carboxylic acids is 3.